The summed E-state index contributed by atoms with van der Waals surface area (Å²) in [6, 6.07) is 0. The van der Waals surface area contributed by atoms with E-state index in [9.17, 15) is 0 Å². The lowest BCUT2D eigenvalue weighted by molar-refractivity contribution is -0.152. The Bertz CT molecular complexity index is 723. The third kappa shape index (κ3) is 6.59. The van der Waals surface area contributed by atoms with Crippen molar-refractivity contribution in [2.45, 2.75) is 113 Å². The Kier molecular flexibility index (Phi) is 11.2. The maximum atomic E-state index is 4.87. The molecule has 2 rings (SSSR count). The molecule has 1 heteroatoms. The van der Waals surface area contributed by atoms with Gasteiger partial charge < -0.3 is 4.90 Å². The zero-order valence-electron chi connectivity index (χ0n) is 26.0. The molecule has 2 aliphatic carbocycles. The second-order valence-corrected chi connectivity index (χ2v) is 14.4. The molecular formula is C35H63N. The average molecular weight is 498 g/mol. The number of allylic oxidation sites excluding steroid dienone is 3. The monoisotopic (exact) mass is 497 g/mol. The first-order valence-corrected chi connectivity index (χ1v) is 15.4. The number of hydrogen-bond acceptors (Lipinski definition) is 1. The van der Waals surface area contributed by atoms with E-state index in [0.717, 1.165) is 36.0 Å². The van der Waals surface area contributed by atoms with Gasteiger partial charge in [0.2, 0.25) is 0 Å². The Morgan fingerprint density at radius 1 is 1.11 bits per heavy atom. The quantitative estimate of drug-likeness (QED) is 0.216. The highest BCUT2D eigenvalue weighted by atomic mass is 15.1. The fourth-order valence-corrected chi connectivity index (χ4v) is 9.59. The molecule has 2 aliphatic rings. The molecule has 2 saturated carbocycles. The van der Waals surface area contributed by atoms with E-state index in [1.54, 1.807) is 0 Å². The lowest BCUT2D eigenvalue weighted by Crippen LogP contribution is -2.59. The molecule has 0 saturated heterocycles. The van der Waals surface area contributed by atoms with Crippen molar-refractivity contribution >= 4 is 0 Å². The lowest BCUT2D eigenvalue weighted by atomic mass is 9.39. The maximum absolute atomic E-state index is 4.87. The number of nitrogens with zero attached hydrogens (tertiary/aromatic N) is 1. The van der Waals surface area contributed by atoms with Crippen molar-refractivity contribution in [1.29, 1.82) is 0 Å². The first kappa shape index (κ1) is 31.4. The molecule has 0 radical (unpaired) electrons. The molecule has 0 bridgehead atoms. The van der Waals surface area contributed by atoms with Crippen LogP contribution in [0.15, 0.2) is 37.5 Å². The predicted molar refractivity (Wildman–Crippen MR) is 162 cm³/mol. The summed E-state index contributed by atoms with van der Waals surface area (Å²) >= 11 is 0. The molecule has 0 N–H and O–H groups in total. The third-order valence-electron chi connectivity index (χ3n) is 11.0. The summed E-state index contributed by atoms with van der Waals surface area (Å²) in [6.07, 6.45) is 15.9. The van der Waals surface area contributed by atoms with Crippen LogP contribution in [0, 0.1) is 51.8 Å². The summed E-state index contributed by atoms with van der Waals surface area (Å²) in [7, 11) is 2.35. The number of hydrogen-bond donors (Lipinski definition) is 0. The molecule has 0 aliphatic heterocycles. The van der Waals surface area contributed by atoms with E-state index in [1.807, 2.05) is 0 Å². The van der Waals surface area contributed by atoms with Gasteiger partial charge in [-0.2, -0.15) is 0 Å². The van der Waals surface area contributed by atoms with Gasteiger partial charge in [-0.3, -0.25) is 0 Å². The molecule has 0 amide bonds. The van der Waals surface area contributed by atoms with Gasteiger partial charge in [-0.05, 0) is 92.0 Å². The van der Waals surface area contributed by atoms with Crippen LogP contribution < -0.4 is 0 Å². The van der Waals surface area contributed by atoms with Crippen molar-refractivity contribution < 1.29 is 0 Å². The van der Waals surface area contributed by atoms with Crippen LogP contribution in [0.2, 0.25) is 0 Å². The Morgan fingerprint density at radius 2 is 1.75 bits per heavy atom. The molecule has 7 unspecified atom stereocenters. The minimum Gasteiger partial charge on any atom is -0.306 e. The van der Waals surface area contributed by atoms with Crippen LogP contribution in [-0.4, -0.2) is 25.0 Å². The van der Waals surface area contributed by atoms with E-state index in [4.69, 9.17) is 6.58 Å². The van der Waals surface area contributed by atoms with E-state index in [0.29, 0.717) is 11.3 Å². The topological polar surface area (TPSA) is 3.24 Å². The standard InChI is InChI=1S/C35H63N/c1-13-17-22-36(12)25-29(19-14-2)23-30-28(7)31-26(5)20-18-21-35(31,11)32(33(30,8)9)27(6)24-34(10,15-3)16-4/h15-16,26,28-32H,3-4,6,13-14,17-25H2,1-2,5,7-12H3. The first-order valence-electron chi connectivity index (χ1n) is 15.4. The van der Waals surface area contributed by atoms with Crippen LogP contribution in [0.1, 0.15) is 113 Å². The summed E-state index contributed by atoms with van der Waals surface area (Å²) < 4.78 is 0. The van der Waals surface area contributed by atoms with Crippen molar-refractivity contribution in [3.8, 4) is 0 Å². The Labute approximate surface area is 227 Å². The zero-order chi connectivity index (χ0) is 27.3. The van der Waals surface area contributed by atoms with Crippen LogP contribution in [0.5, 0.6) is 0 Å². The van der Waals surface area contributed by atoms with Gasteiger partial charge in [0.25, 0.3) is 0 Å². The van der Waals surface area contributed by atoms with Crippen molar-refractivity contribution in [3.63, 3.8) is 0 Å². The van der Waals surface area contributed by atoms with Gasteiger partial charge in [-0.15, -0.1) is 13.2 Å². The average Bonchev–Trinajstić information content (AvgIpc) is 2.79. The number of fused-ring (bicyclic) bond motifs is 1. The molecular weight excluding hydrogens is 434 g/mol. The largest absolute Gasteiger partial charge is 0.306 e. The minimum atomic E-state index is -0.0788. The highest BCUT2D eigenvalue weighted by Gasteiger charge is 2.61. The van der Waals surface area contributed by atoms with Gasteiger partial charge in [-0.25, -0.2) is 0 Å². The van der Waals surface area contributed by atoms with Crippen LogP contribution in [0.4, 0.5) is 0 Å². The molecule has 1 nitrogen and oxygen atoms in total. The summed E-state index contributed by atoms with van der Waals surface area (Å²) in [5.74, 6) is 4.40. The molecule has 7 atom stereocenters. The number of unbranched alkanes of at least 4 members (excludes halogenated alkanes) is 1. The van der Waals surface area contributed by atoms with Crippen molar-refractivity contribution in [3.05, 3.63) is 37.5 Å². The summed E-state index contributed by atoms with van der Waals surface area (Å²) in [5, 5.41) is 0. The van der Waals surface area contributed by atoms with Gasteiger partial charge in [-0.1, -0.05) is 105 Å². The summed E-state index contributed by atoms with van der Waals surface area (Å²) in [4.78, 5) is 2.62. The highest BCUT2D eigenvalue weighted by Crippen LogP contribution is 2.68. The fourth-order valence-electron chi connectivity index (χ4n) is 9.59. The second kappa shape index (κ2) is 12.8. The van der Waals surface area contributed by atoms with Gasteiger partial charge in [0.05, 0.1) is 0 Å². The molecule has 208 valence electrons. The predicted octanol–water partition coefficient (Wildman–Crippen LogP) is 10.2. The molecule has 0 aromatic rings. The fraction of sp³-hybridized carbons (Fsp3) is 0.829. The first-order chi connectivity index (χ1) is 16.8. The van der Waals surface area contributed by atoms with Gasteiger partial charge in [0, 0.05) is 12.0 Å². The van der Waals surface area contributed by atoms with Crippen LogP contribution in [0.25, 0.3) is 0 Å². The molecule has 0 aromatic heterocycles. The Hall–Kier alpha value is -0.820. The van der Waals surface area contributed by atoms with Crippen LogP contribution in [-0.2, 0) is 0 Å². The van der Waals surface area contributed by atoms with Crippen molar-refractivity contribution in [1.82, 2.24) is 4.90 Å². The Morgan fingerprint density at radius 3 is 2.31 bits per heavy atom. The van der Waals surface area contributed by atoms with Crippen molar-refractivity contribution in [2.75, 3.05) is 20.1 Å². The summed E-state index contributed by atoms with van der Waals surface area (Å²) in [6.45, 7) is 35.7. The second-order valence-electron chi connectivity index (χ2n) is 14.4. The van der Waals surface area contributed by atoms with E-state index in [1.165, 1.54) is 70.0 Å². The van der Waals surface area contributed by atoms with E-state index in [-0.39, 0.29) is 10.8 Å². The van der Waals surface area contributed by atoms with Gasteiger partial charge in [0.15, 0.2) is 0 Å². The third-order valence-corrected chi connectivity index (χ3v) is 11.0. The van der Waals surface area contributed by atoms with E-state index in [2.05, 4.69) is 92.6 Å². The SMILES string of the molecule is C=CC(C)(C=C)CC(=C)C1C(C)(C)C(CC(CCC)CN(C)CCCC)C(C)C2C(C)CCCC21C. The van der Waals surface area contributed by atoms with E-state index >= 15 is 0 Å². The molecule has 0 heterocycles. The molecule has 36 heavy (non-hydrogen) atoms. The normalized spacial score (nSPS) is 33.1. The molecule has 0 aromatic carbocycles. The number of rotatable bonds is 14. The van der Waals surface area contributed by atoms with Gasteiger partial charge >= 0.3 is 0 Å². The molecule has 2 fully saturated rings. The van der Waals surface area contributed by atoms with Crippen LogP contribution in [0.3, 0.4) is 0 Å². The summed E-state index contributed by atoms with van der Waals surface area (Å²) in [5.41, 5.74) is 1.93. The molecule has 0 spiro atoms. The van der Waals surface area contributed by atoms with Gasteiger partial charge in [0.1, 0.15) is 0 Å². The minimum absolute atomic E-state index is 0.0788. The lowest BCUT2D eigenvalue weighted by Gasteiger charge is -2.66. The highest BCUT2D eigenvalue weighted by molar-refractivity contribution is 5.23. The zero-order valence-corrected chi connectivity index (χ0v) is 26.0. The smallest absolute Gasteiger partial charge is 0.00645 e. The Balaban J connectivity index is 2.47. The van der Waals surface area contributed by atoms with Crippen LogP contribution >= 0.6 is 0 Å². The maximum Gasteiger partial charge on any atom is 0.00645 e. The van der Waals surface area contributed by atoms with Crippen molar-refractivity contribution in [2.24, 2.45) is 51.8 Å². The van der Waals surface area contributed by atoms with E-state index < -0.39 is 0 Å².